The molecule has 0 saturated heterocycles. The molecule has 1 aromatic heterocycles. The fourth-order valence-electron chi connectivity index (χ4n) is 2.21. The molecule has 4 heteroatoms. The van der Waals surface area contributed by atoms with E-state index in [9.17, 15) is 4.39 Å². The highest BCUT2D eigenvalue weighted by Crippen LogP contribution is 2.29. The van der Waals surface area contributed by atoms with Gasteiger partial charge in [-0.1, -0.05) is 25.4 Å². The minimum absolute atomic E-state index is 0.185. The summed E-state index contributed by atoms with van der Waals surface area (Å²) in [7, 11) is 0. The Kier molecular flexibility index (Phi) is 5.58. The minimum Gasteiger partial charge on any atom is -0.309 e. The van der Waals surface area contributed by atoms with Gasteiger partial charge in [0.2, 0.25) is 0 Å². The summed E-state index contributed by atoms with van der Waals surface area (Å²) in [6.07, 6.45) is 1.75. The van der Waals surface area contributed by atoms with Crippen molar-refractivity contribution in [2.24, 2.45) is 0 Å². The summed E-state index contributed by atoms with van der Waals surface area (Å²) in [5.74, 6) is -0.236. The fraction of sp³-hybridized carbons (Fsp3) is 0.375. The van der Waals surface area contributed by atoms with Crippen LogP contribution >= 0.6 is 22.9 Å². The molecule has 0 saturated carbocycles. The Balaban J connectivity index is 2.22. The Morgan fingerprint density at radius 3 is 2.70 bits per heavy atom. The van der Waals surface area contributed by atoms with Crippen LogP contribution in [0.3, 0.4) is 0 Å². The van der Waals surface area contributed by atoms with Gasteiger partial charge in [0.1, 0.15) is 5.82 Å². The maximum atomic E-state index is 13.4. The molecule has 0 fully saturated rings. The third-order valence-electron chi connectivity index (χ3n) is 3.26. The Morgan fingerprint density at radius 1 is 1.25 bits per heavy atom. The molecule has 2 aromatic rings. The van der Waals surface area contributed by atoms with Gasteiger partial charge in [-0.05, 0) is 55.3 Å². The third kappa shape index (κ3) is 3.81. The summed E-state index contributed by atoms with van der Waals surface area (Å²) in [5, 5.41) is 4.09. The summed E-state index contributed by atoms with van der Waals surface area (Å²) in [5.41, 5.74) is 0.851. The van der Waals surface area contributed by atoms with Crippen molar-refractivity contribution in [1.29, 1.82) is 0 Å². The van der Waals surface area contributed by atoms with Crippen molar-refractivity contribution in [2.75, 3.05) is 6.54 Å². The molecule has 0 spiro atoms. The average Bonchev–Trinajstić information content (AvgIpc) is 2.91. The van der Waals surface area contributed by atoms with Crippen LogP contribution in [-0.4, -0.2) is 6.54 Å². The van der Waals surface area contributed by atoms with Crippen LogP contribution in [0.4, 0.5) is 4.39 Å². The monoisotopic (exact) mass is 311 g/mol. The summed E-state index contributed by atoms with van der Waals surface area (Å²) in [6.45, 7) is 5.10. The summed E-state index contributed by atoms with van der Waals surface area (Å²) in [6, 6.07) is 9.06. The topological polar surface area (TPSA) is 12.0 Å². The van der Waals surface area contributed by atoms with Gasteiger partial charge in [0.05, 0.1) is 0 Å². The first-order chi connectivity index (χ1) is 9.63. The van der Waals surface area contributed by atoms with Crippen molar-refractivity contribution < 1.29 is 4.39 Å². The second kappa shape index (κ2) is 7.21. The number of nitrogens with one attached hydrogen (secondary N) is 1. The smallest absolute Gasteiger partial charge is 0.123 e. The van der Waals surface area contributed by atoms with Crippen molar-refractivity contribution in [3.05, 3.63) is 56.5 Å². The predicted octanol–water partition coefficient (Wildman–Crippen LogP) is 5.00. The van der Waals surface area contributed by atoms with Crippen LogP contribution in [0.25, 0.3) is 0 Å². The van der Waals surface area contributed by atoms with Crippen LogP contribution in [0.2, 0.25) is 5.02 Å². The van der Waals surface area contributed by atoms with Crippen LogP contribution in [-0.2, 0) is 12.8 Å². The maximum Gasteiger partial charge on any atom is 0.123 e. The Morgan fingerprint density at radius 2 is 2.05 bits per heavy atom. The SMILES string of the molecule is CCNC(Cc1cc(F)ccc1Cl)c1ccc(CC)s1. The van der Waals surface area contributed by atoms with E-state index in [0.29, 0.717) is 11.4 Å². The molecule has 1 unspecified atom stereocenters. The molecule has 0 aliphatic heterocycles. The average molecular weight is 312 g/mol. The van der Waals surface area contributed by atoms with E-state index in [0.717, 1.165) is 18.5 Å². The van der Waals surface area contributed by atoms with Gasteiger partial charge in [-0.3, -0.25) is 0 Å². The van der Waals surface area contributed by atoms with Crippen LogP contribution < -0.4 is 5.32 Å². The molecule has 2 rings (SSSR count). The highest BCUT2D eigenvalue weighted by Gasteiger charge is 2.15. The molecule has 0 radical (unpaired) electrons. The Hall–Kier alpha value is -0.900. The molecule has 1 N–H and O–H groups in total. The van der Waals surface area contributed by atoms with E-state index in [1.165, 1.54) is 21.9 Å². The normalized spacial score (nSPS) is 12.6. The molecule has 1 heterocycles. The van der Waals surface area contributed by atoms with Gasteiger partial charge in [-0.15, -0.1) is 11.3 Å². The second-order valence-electron chi connectivity index (χ2n) is 4.71. The van der Waals surface area contributed by atoms with Gasteiger partial charge >= 0.3 is 0 Å². The van der Waals surface area contributed by atoms with E-state index in [1.807, 2.05) is 11.3 Å². The van der Waals surface area contributed by atoms with E-state index < -0.39 is 0 Å². The van der Waals surface area contributed by atoms with Gasteiger partial charge in [0, 0.05) is 20.8 Å². The first kappa shape index (κ1) is 15.5. The third-order valence-corrected chi connectivity index (χ3v) is 4.97. The molecule has 0 amide bonds. The molecule has 1 nitrogen and oxygen atoms in total. The predicted molar refractivity (Wildman–Crippen MR) is 85.2 cm³/mol. The number of hydrogen-bond donors (Lipinski definition) is 1. The zero-order chi connectivity index (χ0) is 14.5. The molecule has 0 aliphatic carbocycles. The Bertz CT molecular complexity index is 567. The molecule has 20 heavy (non-hydrogen) atoms. The van der Waals surface area contributed by atoms with Crippen molar-refractivity contribution in [2.45, 2.75) is 32.7 Å². The van der Waals surface area contributed by atoms with Crippen molar-refractivity contribution >= 4 is 22.9 Å². The van der Waals surface area contributed by atoms with Crippen LogP contribution in [0, 0.1) is 5.82 Å². The molecule has 1 atom stereocenters. The van der Waals surface area contributed by atoms with Gasteiger partial charge in [-0.25, -0.2) is 4.39 Å². The highest BCUT2D eigenvalue weighted by atomic mass is 35.5. The number of thiophene rings is 1. The maximum absolute atomic E-state index is 13.4. The lowest BCUT2D eigenvalue weighted by Crippen LogP contribution is -2.22. The van der Waals surface area contributed by atoms with E-state index in [2.05, 4.69) is 31.3 Å². The first-order valence-electron chi connectivity index (χ1n) is 6.90. The van der Waals surface area contributed by atoms with E-state index >= 15 is 0 Å². The van der Waals surface area contributed by atoms with Crippen LogP contribution in [0.5, 0.6) is 0 Å². The molecule has 108 valence electrons. The first-order valence-corrected chi connectivity index (χ1v) is 8.09. The van der Waals surface area contributed by atoms with Crippen LogP contribution in [0.1, 0.15) is 35.2 Å². The standard InChI is InChI=1S/C16H19ClFNS/c1-3-13-6-8-16(20-13)15(19-4-2)10-11-9-12(18)5-7-14(11)17/h5-9,15,19H,3-4,10H2,1-2H3. The Labute approximate surface area is 128 Å². The molecule has 0 bridgehead atoms. The molecule has 1 aromatic carbocycles. The summed E-state index contributed by atoms with van der Waals surface area (Å²) in [4.78, 5) is 2.65. The van der Waals surface area contributed by atoms with Crippen molar-refractivity contribution in [3.63, 3.8) is 0 Å². The van der Waals surface area contributed by atoms with Gasteiger partial charge in [0.25, 0.3) is 0 Å². The van der Waals surface area contributed by atoms with E-state index in [1.54, 1.807) is 6.07 Å². The molecule has 0 aliphatic rings. The van der Waals surface area contributed by atoms with Gasteiger partial charge in [-0.2, -0.15) is 0 Å². The number of rotatable bonds is 6. The summed E-state index contributed by atoms with van der Waals surface area (Å²) >= 11 is 7.98. The largest absolute Gasteiger partial charge is 0.309 e. The van der Waals surface area contributed by atoms with Gasteiger partial charge < -0.3 is 5.32 Å². The lowest BCUT2D eigenvalue weighted by Gasteiger charge is -2.17. The number of halogens is 2. The molecular formula is C16H19ClFNS. The van der Waals surface area contributed by atoms with Crippen molar-refractivity contribution in [1.82, 2.24) is 5.32 Å². The minimum atomic E-state index is -0.236. The zero-order valence-corrected chi connectivity index (χ0v) is 13.3. The second-order valence-corrected chi connectivity index (χ2v) is 6.31. The zero-order valence-electron chi connectivity index (χ0n) is 11.7. The number of hydrogen-bond acceptors (Lipinski definition) is 2. The number of likely N-dealkylation sites (N-methyl/N-ethyl adjacent to an activating group) is 1. The fourth-order valence-corrected chi connectivity index (χ4v) is 3.43. The highest BCUT2D eigenvalue weighted by molar-refractivity contribution is 7.12. The lowest BCUT2D eigenvalue weighted by molar-refractivity contribution is 0.554. The number of aryl methyl sites for hydroxylation is 1. The molecular weight excluding hydrogens is 293 g/mol. The quantitative estimate of drug-likeness (QED) is 0.792. The van der Waals surface area contributed by atoms with E-state index in [-0.39, 0.29) is 11.9 Å². The van der Waals surface area contributed by atoms with Crippen LogP contribution in [0.15, 0.2) is 30.3 Å². The summed E-state index contributed by atoms with van der Waals surface area (Å²) < 4.78 is 13.4. The van der Waals surface area contributed by atoms with Gasteiger partial charge in [0.15, 0.2) is 0 Å². The number of benzene rings is 1. The van der Waals surface area contributed by atoms with E-state index in [4.69, 9.17) is 11.6 Å². The van der Waals surface area contributed by atoms with Crippen molar-refractivity contribution in [3.8, 4) is 0 Å². The lowest BCUT2D eigenvalue weighted by atomic mass is 10.0.